The lowest BCUT2D eigenvalue weighted by molar-refractivity contribution is -0.160. The summed E-state index contributed by atoms with van der Waals surface area (Å²) in [5, 5.41) is 10.3. The number of carbonyl (C=O) groups is 2. The second-order valence-corrected chi connectivity index (χ2v) is 5.35. The fraction of sp³-hybridized carbons (Fsp3) is 0.500. The van der Waals surface area contributed by atoms with Gasteiger partial charge in [0.25, 0.3) is 0 Å². The van der Waals surface area contributed by atoms with Crippen LogP contribution >= 0.6 is 0 Å². The van der Waals surface area contributed by atoms with Crippen molar-refractivity contribution in [3.05, 3.63) is 35.9 Å². The van der Waals surface area contributed by atoms with Gasteiger partial charge in [0, 0.05) is 5.92 Å². The first kappa shape index (κ1) is 16.4. The van der Waals surface area contributed by atoms with Gasteiger partial charge in [-0.15, -0.1) is 0 Å². The van der Waals surface area contributed by atoms with Crippen LogP contribution < -0.4 is 0 Å². The van der Waals surface area contributed by atoms with Crippen molar-refractivity contribution in [2.45, 2.75) is 33.8 Å². The van der Waals surface area contributed by atoms with E-state index in [4.69, 9.17) is 4.74 Å². The smallest absolute Gasteiger partial charge is 0.319 e. The highest BCUT2D eigenvalue weighted by atomic mass is 16.5. The van der Waals surface area contributed by atoms with Gasteiger partial charge in [0.15, 0.2) is 5.78 Å². The summed E-state index contributed by atoms with van der Waals surface area (Å²) >= 11 is 0. The zero-order chi connectivity index (χ0) is 15.3. The Hall–Kier alpha value is -1.68. The number of benzene rings is 1. The summed E-state index contributed by atoms with van der Waals surface area (Å²) < 4.78 is 4.92. The molecule has 1 rings (SSSR count). The molecule has 0 spiro atoms. The van der Waals surface area contributed by atoms with Crippen molar-refractivity contribution >= 4 is 11.8 Å². The molecule has 0 heterocycles. The Balaban J connectivity index is 2.88. The molecule has 4 heteroatoms. The molecule has 1 aromatic rings. The minimum Gasteiger partial charge on any atom is -0.465 e. The van der Waals surface area contributed by atoms with Crippen molar-refractivity contribution in [3.63, 3.8) is 0 Å². The molecule has 0 unspecified atom stereocenters. The molecule has 2 atom stereocenters. The maximum atomic E-state index is 12.4. The number of hydrogen-bond acceptors (Lipinski definition) is 4. The molecular formula is C16H22O4. The average Bonchev–Trinajstić information content (AvgIpc) is 2.46. The summed E-state index contributed by atoms with van der Waals surface area (Å²) in [6.07, 6.45) is -0.933. The molecule has 0 bridgehead atoms. The third-order valence-corrected chi connectivity index (χ3v) is 3.43. The topological polar surface area (TPSA) is 63.6 Å². The molecular weight excluding hydrogens is 256 g/mol. The quantitative estimate of drug-likeness (QED) is 0.641. The lowest BCUT2D eigenvalue weighted by Crippen LogP contribution is -2.40. The number of rotatable bonds is 6. The summed E-state index contributed by atoms with van der Waals surface area (Å²) in [6, 6.07) is 8.95. The first-order valence-electron chi connectivity index (χ1n) is 6.77. The van der Waals surface area contributed by atoms with Gasteiger partial charge < -0.3 is 9.84 Å². The summed E-state index contributed by atoms with van der Waals surface area (Å²) in [5.41, 5.74) is -0.599. The molecule has 110 valence electrons. The van der Waals surface area contributed by atoms with Gasteiger partial charge in [0.05, 0.1) is 12.7 Å². The number of aliphatic hydroxyl groups excluding tert-OH is 1. The van der Waals surface area contributed by atoms with Crippen molar-refractivity contribution < 1.29 is 19.4 Å². The van der Waals surface area contributed by atoms with Crippen molar-refractivity contribution in [2.24, 2.45) is 11.3 Å². The maximum Gasteiger partial charge on any atom is 0.319 e. The predicted octanol–water partition coefficient (Wildman–Crippen LogP) is 2.51. The van der Waals surface area contributed by atoms with E-state index in [1.807, 2.05) is 6.07 Å². The number of aliphatic hydroxyl groups is 1. The van der Waals surface area contributed by atoms with Crippen LogP contribution in [0.2, 0.25) is 0 Å². The van der Waals surface area contributed by atoms with Crippen molar-refractivity contribution in [2.75, 3.05) is 6.61 Å². The van der Waals surface area contributed by atoms with Crippen LogP contribution in [-0.4, -0.2) is 23.5 Å². The molecule has 0 saturated carbocycles. The van der Waals surface area contributed by atoms with Gasteiger partial charge >= 0.3 is 5.97 Å². The molecule has 1 aromatic carbocycles. The first-order valence-corrected chi connectivity index (χ1v) is 6.77. The number of hydrogen-bond donors (Lipinski definition) is 1. The van der Waals surface area contributed by atoms with Gasteiger partial charge in [0.2, 0.25) is 0 Å². The van der Waals surface area contributed by atoms with Crippen LogP contribution in [-0.2, 0) is 14.3 Å². The van der Waals surface area contributed by atoms with Crippen molar-refractivity contribution in [1.29, 1.82) is 0 Å². The Bertz CT molecular complexity index is 465. The average molecular weight is 278 g/mol. The van der Waals surface area contributed by atoms with E-state index in [0.29, 0.717) is 5.56 Å². The zero-order valence-electron chi connectivity index (χ0n) is 12.4. The molecule has 0 aliphatic rings. The Kier molecular flexibility index (Phi) is 5.45. The standard InChI is InChI=1S/C16H22O4/c1-5-20-15(19)16(3,4)14(18)11(2)13(17)12-9-7-6-8-10-12/h6-11,13,17H,5H2,1-4H3/t11-,13-/m1/s1. The normalized spacial score (nSPS) is 14.4. The van der Waals surface area contributed by atoms with Gasteiger partial charge in [-0.3, -0.25) is 9.59 Å². The SMILES string of the molecule is CCOC(=O)C(C)(C)C(=O)[C@H](C)[C@@H](O)c1ccccc1. The molecule has 0 aliphatic heterocycles. The van der Waals surface area contributed by atoms with Crippen LogP contribution in [0.5, 0.6) is 0 Å². The lowest BCUT2D eigenvalue weighted by atomic mass is 9.78. The molecule has 1 N–H and O–H groups in total. The number of carbonyl (C=O) groups excluding carboxylic acids is 2. The molecule has 0 aliphatic carbocycles. The van der Waals surface area contributed by atoms with E-state index in [2.05, 4.69) is 0 Å². The zero-order valence-corrected chi connectivity index (χ0v) is 12.4. The summed E-state index contributed by atoms with van der Waals surface area (Å²) in [6.45, 7) is 6.61. The number of ether oxygens (including phenoxy) is 1. The molecule has 4 nitrogen and oxygen atoms in total. The largest absolute Gasteiger partial charge is 0.465 e. The highest BCUT2D eigenvalue weighted by Crippen LogP contribution is 2.30. The summed E-state index contributed by atoms with van der Waals surface area (Å²) in [5.74, 6) is -1.57. The van der Waals surface area contributed by atoms with Gasteiger partial charge in [-0.1, -0.05) is 37.3 Å². The fourth-order valence-corrected chi connectivity index (χ4v) is 2.06. The third kappa shape index (κ3) is 3.45. The second kappa shape index (κ2) is 6.66. The molecule has 0 fully saturated rings. The number of Topliss-reactive ketones (excluding diaryl/α,β-unsaturated/α-hetero) is 1. The van der Waals surface area contributed by atoms with Crippen LogP contribution in [0.25, 0.3) is 0 Å². The Morgan fingerprint density at radius 2 is 1.80 bits per heavy atom. The van der Waals surface area contributed by atoms with Gasteiger partial charge in [-0.25, -0.2) is 0 Å². The number of esters is 1. The minimum absolute atomic E-state index is 0.227. The first-order chi connectivity index (χ1) is 9.32. The Labute approximate surface area is 119 Å². The predicted molar refractivity (Wildman–Crippen MR) is 76.0 cm³/mol. The fourth-order valence-electron chi connectivity index (χ4n) is 2.06. The van der Waals surface area contributed by atoms with Crippen molar-refractivity contribution in [3.8, 4) is 0 Å². The number of ketones is 1. The Morgan fingerprint density at radius 3 is 2.30 bits per heavy atom. The van der Waals surface area contributed by atoms with Gasteiger partial charge in [-0.2, -0.15) is 0 Å². The van der Waals surface area contributed by atoms with E-state index >= 15 is 0 Å². The van der Waals surface area contributed by atoms with E-state index in [9.17, 15) is 14.7 Å². The van der Waals surface area contributed by atoms with Crippen LogP contribution in [0.15, 0.2) is 30.3 Å². The van der Waals surface area contributed by atoms with E-state index in [-0.39, 0.29) is 12.4 Å². The monoisotopic (exact) mass is 278 g/mol. The highest BCUT2D eigenvalue weighted by Gasteiger charge is 2.42. The summed E-state index contributed by atoms with van der Waals surface area (Å²) in [4.78, 5) is 24.3. The molecule has 0 saturated heterocycles. The third-order valence-electron chi connectivity index (χ3n) is 3.43. The van der Waals surface area contributed by atoms with Gasteiger partial charge in [-0.05, 0) is 26.3 Å². The molecule has 0 aromatic heterocycles. The van der Waals surface area contributed by atoms with Gasteiger partial charge in [0.1, 0.15) is 5.41 Å². The van der Waals surface area contributed by atoms with E-state index in [0.717, 1.165) is 0 Å². The van der Waals surface area contributed by atoms with E-state index in [1.165, 1.54) is 13.8 Å². The highest BCUT2D eigenvalue weighted by molar-refractivity contribution is 6.04. The van der Waals surface area contributed by atoms with Crippen LogP contribution in [0.4, 0.5) is 0 Å². The van der Waals surface area contributed by atoms with E-state index < -0.39 is 23.4 Å². The van der Waals surface area contributed by atoms with Crippen molar-refractivity contribution in [1.82, 2.24) is 0 Å². The second-order valence-electron chi connectivity index (χ2n) is 5.35. The van der Waals surface area contributed by atoms with Crippen LogP contribution in [0, 0.1) is 11.3 Å². The molecule has 20 heavy (non-hydrogen) atoms. The van der Waals surface area contributed by atoms with Crippen LogP contribution in [0.1, 0.15) is 39.4 Å². The van der Waals surface area contributed by atoms with Crippen LogP contribution in [0.3, 0.4) is 0 Å². The Morgan fingerprint density at radius 1 is 1.25 bits per heavy atom. The minimum atomic E-state index is -1.26. The summed E-state index contributed by atoms with van der Waals surface area (Å²) in [7, 11) is 0. The molecule has 0 amide bonds. The lowest BCUT2D eigenvalue weighted by Gasteiger charge is -2.27. The van der Waals surface area contributed by atoms with E-state index in [1.54, 1.807) is 38.1 Å². The maximum absolute atomic E-state index is 12.4. The molecule has 0 radical (unpaired) electrons.